The number of carbonyl (C=O) groups is 1. The van der Waals surface area contributed by atoms with Gasteiger partial charge >= 0.3 is 5.97 Å². The van der Waals surface area contributed by atoms with Crippen LogP contribution in [0.3, 0.4) is 0 Å². The fraction of sp³-hybridized carbons (Fsp3) is 0.438. The Morgan fingerprint density at radius 1 is 1.32 bits per heavy atom. The van der Waals surface area contributed by atoms with Gasteiger partial charge in [-0.3, -0.25) is 9.69 Å². The third kappa shape index (κ3) is 4.21. The maximum Gasteiger partial charge on any atom is 0.308 e. The Balaban J connectivity index is 1.74. The molecule has 1 aromatic carbocycles. The van der Waals surface area contributed by atoms with Crippen molar-refractivity contribution in [2.75, 3.05) is 26.7 Å². The van der Waals surface area contributed by atoms with Crippen LogP contribution in [0.5, 0.6) is 0 Å². The van der Waals surface area contributed by atoms with Crippen LogP contribution in [0.4, 0.5) is 0 Å². The van der Waals surface area contributed by atoms with Crippen LogP contribution in [0.2, 0.25) is 0 Å². The summed E-state index contributed by atoms with van der Waals surface area (Å²) in [7, 11) is 1.47. The van der Waals surface area contributed by atoms with E-state index in [0.29, 0.717) is 0 Å². The first-order chi connectivity index (χ1) is 9.29. The summed E-state index contributed by atoms with van der Waals surface area (Å²) in [6.07, 6.45) is 6.15. The van der Waals surface area contributed by atoms with Crippen LogP contribution in [0, 0.1) is 5.92 Å². The molecule has 0 spiro atoms. The Kier molecular flexibility index (Phi) is 5.16. The molecule has 0 aromatic heterocycles. The normalized spacial score (nSPS) is 17.7. The van der Waals surface area contributed by atoms with Gasteiger partial charge in [0.05, 0.1) is 13.0 Å². The van der Waals surface area contributed by atoms with Crippen LogP contribution in [0.1, 0.15) is 18.4 Å². The number of benzene rings is 1. The van der Waals surface area contributed by atoms with Crippen molar-refractivity contribution < 1.29 is 9.53 Å². The van der Waals surface area contributed by atoms with Crippen LogP contribution < -0.4 is 0 Å². The zero-order valence-electron chi connectivity index (χ0n) is 11.4. The molecule has 1 saturated heterocycles. The second-order valence-corrected chi connectivity index (χ2v) is 4.91. The number of hydrogen-bond acceptors (Lipinski definition) is 3. The molecular weight excluding hydrogens is 238 g/mol. The van der Waals surface area contributed by atoms with Crippen LogP contribution in [-0.4, -0.2) is 37.6 Å². The number of piperidine rings is 1. The van der Waals surface area contributed by atoms with E-state index in [1.807, 2.05) is 18.2 Å². The third-order valence-electron chi connectivity index (χ3n) is 3.60. The summed E-state index contributed by atoms with van der Waals surface area (Å²) >= 11 is 0. The quantitative estimate of drug-likeness (QED) is 0.778. The van der Waals surface area contributed by atoms with E-state index in [1.165, 1.54) is 12.7 Å². The minimum absolute atomic E-state index is 0.0560. The van der Waals surface area contributed by atoms with Gasteiger partial charge in [0.15, 0.2) is 0 Å². The monoisotopic (exact) mass is 259 g/mol. The standard InChI is InChI=1S/C16H21NO2/c1-19-16(18)15-9-12-17(13-10-15)11-5-8-14-6-3-2-4-7-14/h2-8,15H,9-13H2,1H3. The fourth-order valence-electron chi connectivity index (χ4n) is 2.42. The summed E-state index contributed by atoms with van der Waals surface area (Å²) < 4.78 is 4.79. The Bertz CT molecular complexity index is 420. The van der Waals surface area contributed by atoms with E-state index < -0.39 is 0 Å². The zero-order valence-corrected chi connectivity index (χ0v) is 11.4. The topological polar surface area (TPSA) is 29.5 Å². The van der Waals surface area contributed by atoms with E-state index in [1.54, 1.807) is 0 Å². The molecule has 0 aliphatic carbocycles. The van der Waals surface area contributed by atoms with Gasteiger partial charge in [0.2, 0.25) is 0 Å². The summed E-state index contributed by atoms with van der Waals surface area (Å²) in [5.74, 6) is 0.0406. The van der Waals surface area contributed by atoms with Crippen molar-refractivity contribution in [1.29, 1.82) is 0 Å². The molecule has 0 radical (unpaired) electrons. The Morgan fingerprint density at radius 3 is 2.63 bits per heavy atom. The first kappa shape index (κ1) is 13.8. The van der Waals surface area contributed by atoms with Gasteiger partial charge in [0.1, 0.15) is 0 Å². The summed E-state index contributed by atoms with van der Waals surface area (Å²) in [5, 5.41) is 0. The fourth-order valence-corrected chi connectivity index (χ4v) is 2.42. The molecule has 102 valence electrons. The molecule has 0 saturated carbocycles. The van der Waals surface area contributed by atoms with Crippen molar-refractivity contribution in [1.82, 2.24) is 4.90 Å². The van der Waals surface area contributed by atoms with Gasteiger partial charge in [0, 0.05) is 6.54 Å². The van der Waals surface area contributed by atoms with Gasteiger partial charge in [-0.15, -0.1) is 0 Å². The van der Waals surface area contributed by atoms with E-state index in [2.05, 4.69) is 29.2 Å². The molecule has 0 N–H and O–H groups in total. The molecule has 3 heteroatoms. The van der Waals surface area contributed by atoms with E-state index in [4.69, 9.17) is 4.74 Å². The van der Waals surface area contributed by atoms with Crippen molar-refractivity contribution in [3.05, 3.63) is 42.0 Å². The van der Waals surface area contributed by atoms with Crippen molar-refractivity contribution in [2.45, 2.75) is 12.8 Å². The SMILES string of the molecule is COC(=O)C1CCN(CC=Cc2ccccc2)CC1. The van der Waals surface area contributed by atoms with Gasteiger partial charge in [-0.2, -0.15) is 0 Å². The largest absolute Gasteiger partial charge is 0.469 e. The zero-order chi connectivity index (χ0) is 13.5. The number of esters is 1. The van der Waals surface area contributed by atoms with Crippen LogP contribution in [0.25, 0.3) is 6.08 Å². The Morgan fingerprint density at radius 2 is 2.00 bits per heavy atom. The number of nitrogens with zero attached hydrogens (tertiary/aromatic N) is 1. The lowest BCUT2D eigenvalue weighted by Crippen LogP contribution is -2.36. The third-order valence-corrected chi connectivity index (χ3v) is 3.60. The molecule has 1 fully saturated rings. The lowest BCUT2D eigenvalue weighted by molar-refractivity contribution is -0.147. The number of methoxy groups -OCH3 is 1. The number of hydrogen-bond donors (Lipinski definition) is 0. The highest BCUT2D eigenvalue weighted by Gasteiger charge is 2.24. The maximum atomic E-state index is 11.4. The summed E-state index contributed by atoms with van der Waals surface area (Å²) in [6.45, 7) is 2.89. The Labute approximate surface area is 114 Å². The van der Waals surface area contributed by atoms with Gasteiger partial charge < -0.3 is 4.74 Å². The Hall–Kier alpha value is -1.61. The molecule has 1 heterocycles. The number of rotatable bonds is 4. The molecule has 1 aromatic rings. The minimum Gasteiger partial charge on any atom is -0.469 e. The van der Waals surface area contributed by atoms with Gasteiger partial charge in [-0.25, -0.2) is 0 Å². The van der Waals surface area contributed by atoms with Crippen molar-refractivity contribution in [2.24, 2.45) is 5.92 Å². The van der Waals surface area contributed by atoms with Crippen molar-refractivity contribution in [3.63, 3.8) is 0 Å². The molecule has 0 amide bonds. The van der Waals surface area contributed by atoms with Gasteiger partial charge in [0.25, 0.3) is 0 Å². The van der Waals surface area contributed by atoms with Crippen LogP contribution in [-0.2, 0) is 9.53 Å². The highest BCUT2D eigenvalue weighted by atomic mass is 16.5. The average molecular weight is 259 g/mol. The molecule has 19 heavy (non-hydrogen) atoms. The molecule has 3 nitrogen and oxygen atoms in total. The van der Waals surface area contributed by atoms with Gasteiger partial charge in [-0.1, -0.05) is 42.5 Å². The number of carbonyl (C=O) groups excluding carboxylic acids is 1. The summed E-state index contributed by atoms with van der Waals surface area (Å²) in [4.78, 5) is 13.8. The molecule has 0 bridgehead atoms. The lowest BCUT2D eigenvalue weighted by Gasteiger charge is -2.29. The van der Waals surface area contributed by atoms with E-state index in [0.717, 1.165) is 32.5 Å². The molecule has 0 unspecified atom stereocenters. The maximum absolute atomic E-state index is 11.4. The second-order valence-electron chi connectivity index (χ2n) is 4.91. The lowest BCUT2D eigenvalue weighted by atomic mass is 9.97. The van der Waals surface area contributed by atoms with Crippen molar-refractivity contribution in [3.8, 4) is 0 Å². The highest BCUT2D eigenvalue weighted by Crippen LogP contribution is 2.18. The van der Waals surface area contributed by atoms with Crippen molar-refractivity contribution >= 4 is 12.0 Å². The first-order valence-corrected chi connectivity index (χ1v) is 6.81. The summed E-state index contributed by atoms with van der Waals surface area (Å²) in [5.41, 5.74) is 1.23. The average Bonchev–Trinajstić information content (AvgIpc) is 2.48. The molecule has 1 aliphatic heterocycles. The number of likely N-dealkylation sites (tertiary alicyclic amines) is 1. The highest BCUT2D eigenvalue weighted by molar-refractivity contribution is 5.72. The van der Waals surface area contributed by atoms with E-state index in [9.17, 15) is 4.79 Å². The first-order valence-electron chi connectivity index (χ1n) is 6.81. The summed E-state index contributed by atoms with van der Waals surface area (Å²) in [6, 6.07) is 10.3. The van der Waals surface area contributed by atoms with E-state index in [-0.39, 0.29) is 11.9 Å². The predicted molar refractivity (Wildman–Crippen MR) is 76.7 cm³/mol. The predicted octanol–water partition coefficient (Wildman–Crippen LogP) is 2.58. The molecule has 1 aliphatic rings. The molecular formula is C16H21NO2. The van der Waals surface area contributed by atoms with Crippen LogP contribution >= 0.6 is 0 Å². The smallest absolute Gasteiger partial charge is 0.308 e. The second kappa shape index (κ2) is 7.10. The van der Waals surface area contributed by atoms with Crippen LogP contribution in [0.15, 0.2) is 36.4 Å². The number of ether oxygens (including phenoxy) is 1. The minimum atomic E-state index is -0.0560. The molecule has 0 atom stereocenters. The molecule has 2 rings (SSSR count). The van der Waals surface area contributed by atoms with Gasteiger partial charge in [-0.05, 0) is 31.5 Å². The van der Waals surface area contributed by atoms with E-state index >= 15 is 0 Å².